The van der Waals surface area contributed by atoms with Gasteiger partial charge in [0.2, 0.25) is 0 Å². The van der Waals surface area contributed by atoms with Crippen molar-refractivity contribution in [3.63, 3.8) is 0 Å². The summed E-state index contributed by atoms with van der Waals surface area (Å²) in [7, 11) is -2.84. The zero-order valence-corrected chi connectivity index (χ0v) is 8.23. The molecule has 0 bridgehead atoms. The molecule has 0 aliphatic carbocycles. The maximum absolute atomic E-state index is 11.5. The van der Waals surface area contributed by atoms with Crippen molar-refractivity contribution >= 4 is 9.28 Å². The van der Waals surface area contributed by atoms with Crippen LogP contribution in [0.3, 0.4) is 0 Å². The Bertz CT molecular complexity index is 149. The molecule has 0 N–H and O–H groups in total. The number of hydrogen-bond acceptors (Lipinski definition) is 2. The fourth-order valence-corrected chi connectivity index (χ4v) is 1.42. The van der Waals surface area contributed by atoms with Crippen LogP contribution in [0.5, 0.6) is 0 Å². The molecule has 0 aromatic heterocycles. The predicted octanol–water partition coefficient (Wildman–Crippen LogP) is 1.99. The molecule has 86 valence electrons. The van der Waals surface area contributed by atoms with Crippen molar-refractivity contribution in [2.24, 2.45) is 0 Å². The molecular weight excluding hydrogens is 234 g/mol. The van der Waals surface area contributed by atoms with Crippen molar-refractivity contribution in [2.75, 3.05) is 13.2 Å². The molecule has 9 heteroatoms. The van der Waals surface area contributed by atoms with Gasteiger partial charge in [0, 0.05) is 0 Å². The summed E-state index contributed by atoms with van der Waals surface area (Å²) in [4.78, 5) is 0. The molecule has 0 heterocycles. The van der Waals surface area contributed by atoms with Gasteiger partial charge in [-0.05, 0) is 6.55 Å². The topological polar surface area (TPSA) is 18.5 Å². The lowest BCUT2D eigenvalue weighted by Crippen LogP contribution is -2.30. The van der Waals surface area contributed by atoms with Gasteiger partial charge in [0.15, 0.2) is 0 Å². The monoisotopic (exact) mass is 242 g/mol. The van der Waals surface area contributed by atoms with E-state index in [0.717, 1.165) is 6.55 Å². The standard InChI is InChI=1S/C5H8F6O2Si/c1-14(12-2-4(6,7)8)13-3-5(9,10)11/h14H,2-3H2,1H3. The van der Waals surface area contributed by atoms with Crippen LogP contribution in [0.2, 0.25) is 6.55 Å². The summed E-state index contributed by atoms with van der Waals surface area (Å²) in [6.45, 7) is -2.05. The molecule has 0 atom stereocenters. The van der Waals surface area contributed by atoms with Gasteiger partial charge < -0.3 is 8.85 Å². The Morgan fingerprint density at radius 2 is 1.14 bits per heavy atom. The average Bonchev–Trinajstić information content (AvgIpc) is 1.94. The van der Waals surface area contributed by atoms with Gasteiger partial charge in [0.05, 0.1) is 0 Å². The lowest BCUT2D eigenvalue weighted by atomic mass is 10.7. The third-order valence-electron chi connectivity index (χ3n) is 0.963. The van der Waals surface area contributed by atoms with Crippen LogP contribution < -0.4 is 0 Å². The molecule has 0 rings (SSSR count). The van der Waals surface area contributed by atoms with E-state index >= 15 is 0 Å². The van der Waals surface area contributed by atoms with E-state index in [0.29, 0.717) is 0 Å². The van der Waals surface area contributed by atoms with Crippen molar-refractivity contribution in [3.05, 3.63) is 0 Å². The minimum Gasteiger partial charge on any atom is -0.387 e. The van der Waals surface area contributed by atoms with Crippen LogP contribution in [-0.4, -0.2) is 34.9 Å². The molecular formula is C5H8F6O2Si. The number of halogens is 6. The summed E-state index contributed by atoms with van der Waals surface area (Å²) < 4.78 is 77.2. The highest BCUT2D eigenvalue weighted by molar-refractivity contribution is 6.42. The van der Waals surface area contributed by atoms with E-state index in [1.54, 1.807) is 0 Å². The van der Waals surface area contributed by atoms with Crippen LogP contribution in [0.25, 0.3) is 0 Å². The van der Waals surface area contributed by atoms with E-state index in [2.05, 4.69) is 8.85 Å². The highest BCUT2D eigenvalue weighted by Gasteiger charge is 2.31. The van der Waals surface area contributed by atoms with Gasteiger partial charge in [0.1, 0.15) is 13.2 Å². The Morgan fingerprint density at radius 1 is 0.857 bits per heavy atom. The second-order valence-corrected chi connectivity index (χ2v) is 4.22. The highest BCUT2D eigenvalue weighted by atomic mass is 28.3. The number of hydrogen-bond donors (Lipinski definition) is 0. The molecule has 2 nitrogen and oxygen atoms in total. The number of rotatable bonds is 4. The molecule has 0 aliphatic heterocycles. The van der Waals surface area contributed by atoms with E-state index < -0.39 is 34.9 Å². The predicted molar refractivity (Wildman–Crippen MR) is 37.0 cm³/mol. The minimum absolute atomic E-state index is 1.09. The zero-order valence-electron chi connectivity index (χ0n) is 7.08. The lowest BCUT2D eigenvalue weighted by Gasteiger charge is -2.15. The molecule has 0 amide bonds. The molecule has 0 spiro atoms. The summed E-state index contributed by atoms with van der Waals surface area (Å²) >= 11 is 0. The maximum atomic E-state index is 11.5. The lowest BCUT2D eigenvalue weighted by molar-refractivity contribution is -0.168. The summed E-state index contributed by atoms with van der Waals surface area (Å²) in [5.41, 5.74) is 0. The van der Waals surface area contributed by atoms with Crippen LogP contribution in [0, 0.1) is 0 Å². The first-order valence-corrected chi connectivity index (χ1v) is 5.56. The molecule has 0 radical (unpaired) electrons. The number of alkyl halides is 6. The summed E-state index contributed by atoms with van der Waals surface area (Å²) in [6.07, 6.45) is -9.08. The molecule has 0 saturated heterocycles. The fraction of sp³-hybridized carbons (Fsp3) is 1.00. The average molecular weight is 242 g/mol. The van der Waals surface area contributed by atoms with E-state index in [9.17, 15) is 26.3 Å². The Labute approximate surface area is 77.6 Å². The SMILES string of the molecule is C[SiH](OCC(F)(F)F)OCC(F)(F)F. The van der Waals surface area contributed by atoms with Crippen LogP contribution in [-0.2, 0) is 8.85 Å². The Balaban J connectivity index is 3.62. The van der Waals surface area contributed by atoms with Crippen LogP contribution in [0.1, 0.15) is 0 Å². The van der Waals surface area contributed by atoms with Gasteiger partial charge in [-0.2, -0.15) is 26.3 Å². The first kappa shape index (κ1) is 13.7. The van der Waals surface area contributed by atoms with E-state index in [-0.39, 0.29) is 0 Å². The maximum Gasteiger partial charge on any atom is 0.410 e. The Kier molecular flexibility index (Phi) is 4.88. The second-order valence-electron chi connectivity index (χ2n) is 2.42. The highest BCUT2D eigenvalue weighted by Crippen LogP contribution is 2.17. The van der Waals surface area contributed by atoms with Gasteiger partial charge in [-0.3, -0.25) is 0 Å². The molecule has 0 aromatic rings. The second kappa shape index (κ2) is 4.98. The smallest absolute Gasteiger partial charge is 0.387 e. The Morgan fingerprint density at radius 3 is 1.36 bits per heavy atom. The van der Waals surface area contributed by atoms with Crippen molar-refractivity contribution in [1.82, 2.24) is 0 Å². The van der Waals surface area contributed by atoms with Crippen LogP contribution in [0.15, 0.2) is 0 Å². The normalized spacial score (nSPS) is 13.7. The third-order valence-corrected chi connectivity index (χ3v) is 2.24. The molecule has 0 fully saturated rings. The van der Waals surface area contributed by atoms with Gasteiger partial charge in [0.25, 0.3) is 0 Å². The minimum atomic E-state index is -4.54. The first-order valence-electron chi connectivity index (χ1n) is 3.47. The summed E-state index contributed by atoms with van der Waals surface area (Å²) in [5.74, 6) is 0. The largest absolute Gasteiger partial charge is 0.410 e. The van der Waals surface area contributed by atoms with Crippen molar-refractivity contribution < 1.29 is 35.2 Å². The quantitative estimate of drug-likeness (QED) is 0.554. The van der Waals surface area contributed by atoms with Crippen molar-refractivity contribution in [2.45, 2.75) is 18.9 Å². The van der Waals surface area contributed by atoms with Gasteiger partial charge in [-0.25, -0.2) is 0 Å². The summed E-state index contributed by atoms with van der Waals surface area (Å²) in [6, 6.07) is 0. The fourth-order valence-electron chi connectivity index (χ4n) is 0.472. The van der Waals surface area contributed by atoms with Crippen LogP contribution in [0.4, 0.5) is 26.3 Å². The van der Waals surface area contributed by atoms with E-state index in [1.807, 2.05) is 0 Å². The van der Waals surface area contributed by atoms with Gasteiger partial charge >= 0.3 is 21.6 Å². The van der Waals surface area contributed by atoms with E-state index in [1.165, 1.54) is 0 Å². The van der Waals surface area contributed by atoms with Gasteiger partial charge in [-0.1, -0.05) is 0 Å². The van der Waals surface area contributed by atoms with E-state index in [4.69, 9.17) is 0 Å². The van der Waals surface area contributed by atoms with Gasteiger partial charge in [-0.15, -0.1) is 0 Å². The first-order chi connectivity index (χ1) is 6.10. The summed E-state index contributed by atoms with van der Waals surface area (Å²) in [5, 5.41) is 0. The molecule has 0 saturated carbocycles. The van der Waals surface area contributed by atoms with Crippen LogP contribution >= 0.6 is 0 Å². The Hall–Kier alpha value is -0.283. The van der Waals surface area contributed by atoms with Crippen molar-refractivity contribution in [3.8, 4) is 0 Å². The molecule has 0 aromatic carbocycles. The molecule has 14 heavy (non-hydrogen) atoms. The molecule has 0 aliphatic rings. The zero-order chi connectivity index (χ0) is 11.4. The molecule has 0 unspecified atom stereocenters. The van der Waals surface area contributed by atoms with Crippen molar-refractivity contribution in [1.29, 1.82) is 0 Å². The third kappa shape index (κ3) is 9.80.